The summed E-state index contributed by atoms with van der Waals surface area (Å²) in [6.07, 6.45) is 18.5. The number of hydrogen-bond acceptors (Lipinski definition) is 0. The van der Waals surface area contributed by atoms with Crippen LogP contribution in [-0.4, -0.2) is 0 Å². The molecule has 0 aromatic carbocycles. The maximum absolute atomic E-state index is 2.21. The third-order valence-electron chi connectivity index (χ3n) is 2.71. The van der Waals surface area contributed by atoms with Gasteiger partial charge in [-0.05, 0) is 28.7 Å². The maximum Gasteiger partial charge on any atom is -0.00139 e. The standard InChI is InChI=1S/C13H10/c1-3-10-7-8-11-4-2-6-13(11)9-12(10)5-1/h1-8H,9H2. The highest BCUT2D eigenvalue weighted by Gasteiger charge is 2.14. The summed E-state index contributed by atoms with van der Waals surface area (Å²) in [4.78, 5) is 0. The van der Waals surface area contributed by atoms with E-state index in [0.29, 0.717) is 0 Å². The molecule has 0 nitrogen and oxygen atoms in total. The van der Waals surface area contributed by atoms with Gasteiger partial charge in [0.15, 0.2) is 0 Å². The van der Waals surface area contributed by atoms with Crippen molar-refractivity contribution in [2.45, 2.75) is 6.42 Å². The summed E-state index contributed by atoms with van der Waals surface area (Å²) in [6.45, 7) is 0. The van der Waals surface area contributed by atoms with Crippen molar-refractivity contribution in [1.29, 1.82) is 0 Å². The minimum atomic E-state index is 1.08. The van der Waals surface area contributed by atoms with Gasteiger partial charge in [0, 0.05) is 0 Å². The maximum atomic E-state index is 2.21. The van der Waals surface area contributed by atoms with Crippen molar-refractivity contribution in [3.8, 4) is 0 Å². The number of allylic oxidation sites excluding steroid dienone is 12. The third kappa shape index (κ3) is 0.988. The molecule has 0 aliphatic heterocycles. The molecule has 3 aliphatic rings. The van der Waals surface area contributed by atoms with Gasteiger partial charge in [-0.2, -0.15) is 0 Å². The SMILES string of the molecule is C1=CC2=CC=C3C=CC=C3CC2=C1. The Hall–Kier alpha value is -1.56. The zero-order chi connectivity index (χ0) is 8.67. The van der Waals surface area contributed by atoms with Crippen LogP contribution in [0.4, 0.5) is 0 Å². The monoisotopic (exact) mass is 166 g/mol. The minimum Gasteiger partial charge on any atom is -0.0614 e. The highest BCUT2D eigenvalue weighted by atomic mass is 14.2. The largest absolute Gasteiger partial charge is 0.0614 e. The summed E-state index contributed by atoms with van der Waals surface area (Å²) >= 11 is 0. The molecule has 0 saturated heterocycles. The van der Waals surface area contributed by atoms with Crippen molar-refractivity contribution in [1.82, 2.24) is 0 Å². The van der Waals surface area contributed by atoms with Gasteiger partial charge in [-0.3, -0.25) is 0 Å². The van der Waals surface area contributed by atoms with Gasteiger partial charge >= 0.3 is 0 Å². The smallest absolute Gasteiger partial charge is 0.00139 e. The van der Waals surface area contributed by atoms with E-state index in [-0.39, 0.29) is 0 Å². The molecule has 0 spiro atoms. The fourth-order valence-electron chi connectivity index (χ4n) is 1.97. The summed E-state index contributed by atoms with van der Waals surface area (Å²) < 4.78 is 0. The first-order valence-electron chi connectivity index (χ1n) is 4.61. The van der Waals surface area contributed by atoms with Crippen LogP contribution >= 0.6 is 0 Å². The highest BCUT2D eigenvalue weighted by Crippen LogP contribution is 2.33. The van der Waals surface area contributed by atoms with Gasteiger partial charge in [0.25, 0.3) is 0 Å². The van der Waals surface area contributed by atoms with Gasteiger partial charge in [0.05, 0.1) is 0 Å². The predicted molar refractivity (Wildman–Crippen MR) is 55.2 cm³/mol. The van der Waals surface area contributed by atoms with Crippen LogP contribution in [-0.2, 0) is 0 Å². The van der Waals surface area contributed by atoms with E-state index in [1.54, 1.807) is 0 Å². The summed E-state index contributed by atoms with van der Waals surface area (Å²) in [5.74, 6) is 0. The quantitative estimate of drug-likeness (QED) is 0.518. The minimum absolute atomic E-state index is 1.08. The van der Waals surface area contributed by atoms with E-state index < -0.39 is 0 Å². The predicted octanol–water partition coefficient (Wildman–Crippen LogP) is 3.24. The fourth-order valence-corrected chi connectivity index (χ4v) is 1.97. The van der Waals surface area contributed by atoms with Gasteiger partial charge < -0.3 is 0 Å². The van der Waals surface area contributed by atoms with E-state index in [9.17, 15) is 0 Å². The topological polar surface area (TPSA) is 0 Å². The average molecular weight is 166 g/mol. The molecule has 0 bridgehead atoms. The van der Waals surface area contributed by atoms with Gasteiger partial charge in [0.2, 0.25) is 0 Å². The van der Waals surface area contributed by atoms with Crippen molar-refractivity contribution < 1.29 is 0 Å². The molecule has 0 N–H and O–H groups in total. The molecule has 0 heteroatoms. The Balaban J connectivity index is 2.11. The van der Waals surface area contributed by atoms with Gasteiger partial charge in [-0.1, -0.05) is 48.6 Å². The van der Waals surface area contributed by atoms with E-state index >= 15 is 0 Å². The van der Waals surface area contributed by atoms with Crippen LogP contribution in [0.2, 0.25) is 0 Å². The van der Waals surface area contributed by atoms with Crippen LogP contribution in [0.1, 0.15) is 6.42 Å². The number of hydrogen-bond donors (Lipinski definition) is 0. The van der Waals surface area contributed by atoms with Crippen LogP contribution in [0, 0.1) is 0 Å². The molecule has 13 heavy (non-hydrogen) atoms. The first-order valence-corrected chi connectivity index (χ1v) is 4.61. The summed E-state index contributed by atoms with van der Waals surface area (Å²) in [6, 6.07) is 0. The third-order valence-corrected chi connectivity index (χ3v) is 2.71. The molecule has 3 aliphatic carbocycles. The molecule has 0 atom stereocenters. The normalized spacial score (nSPS) is 22.8. The molecular weight excluding hydrogens is 156 g/mol. The second-order valence-electron chi connectivity index (χ2n) is 3.52. The van der Waals surface area contributed by atoms with E-state index in [1.807, 2.05) is 0 Å². The van der Waals surface area contributed by atoms with E-state index in [2.05, 4.69) is 48.6 Å². The first-order chi connectivity index (χ1) is 6.43. The molecule has 0 radical (unpaired) electrons. The van der Waals surface area contributed by atoms with Gasteiger partial charge in [-0.25, -0.2) is 0 Å². The van der Waals surface area contributed by atoms with Crippen molar-refractivity contribution in [3.05, 3.63) is 70.9 Å². The Morgan fingerprint density at radius 1 is 0.692 bits per heavy atom. The summed E-state index contributed by atoms with van der Waals surface area (Å²) in [5.41, 5.74) is 5.63. The van der Waals surface area contributed by atoms with Gasteiger partial charge in [-0.15, -0.1) is 0 Å². The zero-order valence-corrected chi connectivity index (χ0v) is 7.33. The molecule has 0 aromatic heterocycles. The molecule has 0 fully saturated rings. The Kier molecular flexibility index (Phi) is 1.31. The lowest BCUT2D eigenvalue weighted by Crippen LogP contribution is -1.85. The first kappa shape index (κ1) is 6.90. The summed E-state index contributed by atoms with van der Waals surface area (Å²) in [5, 5.41) is 0. The highest BCUT2D eigenvalue weighted by molar-refractivity contribution is 5.61. The van der Waals surface area contributed by atoms with Crippen LogP contribution in [0.15, 0.2) is 70.9 Å². The fraction of sp³-hybridized carbons (Fsp3) is 0.0769. The second-order valence-corrected chi connectivity index (χ2v) is 3.52. The molecule has 0 aromatic rings. The molecule has 0 heterocycles. The van der Waals surface area contributed by atoms with Crippen molar-refractivity contribution in [3.63, 3.8) is 0 Å². The van der Waals surface area contributed by atoms with E-state index in [0.717, 1.165) is 6.42 Å². The van der Waals surface area contributed by atoms with Crippen LogP contribution < -0.4 is 0 Å². The van der Waals surface area contributed by atoms with Crippen molar-refractivity contribution in [2.24, 2.45) is 0 Å². The lowest BCUT2D eigenvalue weighted by molar-refractivity contribution is 1.19. The Labute approximate surface area is 78.0 Å². The second kappa shape index (κ2) is 2.46. The average Bonchev–Trinajstić information content (AvgIpc) is 2.72. The number of rotatable bonds is 0. The number of fused-ring (bicyclic) bond motifs is 2. The summed E-state index contributed by atoms with van der Waals surface area (Å²) in [7, 11) is 0. The Morgan fingerprint density at radius 3 is 1.77 bits per heavy atom. The molecule has 0 unspecified atom stereocenters. The lowest BCUT2D eigenvalue weighted by atomic mass is 10.0. The van der Waals surface area contributed by atoms with Crippen LogP contribution in [0.5, 0.6) is 0 Å². The van der Waals surface area contributed by atoms with E-state index in [4.69, 9.17) is 0 Å². The molecule has 0 amide bonds. The molecule has 62 valence electrons. The van der Waals surface area contributed by atoms with Gasteiger partial charge in [0.1, 0.15) is 0 Å². The van der Waals surface area contributed by atoms with Crippen molar-refractivity contribution >= 4 is 0 Å². The van der Waals surface area contributed by atoms with Crippen molar-refractivity contribution in [2.75, 3.05) is 0 Å². The van der Waals surface area contributed by atoms with Crippen LogP contribution in [0.25, 0.3) is 0 Å². The Morgan fingerprint density at radius 2 is 1.23 bits per heavy atom. The molecule has 3 rings (SSSR count). The van der Waals surface area contributed by atoms with E-state index in [1.165, 1.54) is 22.3 Å². The lowest BCUT2D eigenvalue weighted by Gasteiger charge is -2.03. The molecular formula is C13H10. The molecule has 0 saturated carbocycles. The van der Waals surface area contributed by atoms with Crippen LogP contribution in [0.3, 0.4) is 0 Å². The Bertz CT molecular complexity index is 393. The zero-order valence-electron chi connectivity index (χ0n) is 7.33.